The highest BCUT2D eigenvalue weighted by molar-refractivity contribution is 7.10. The first kappa shape index (κ1) is 15.2. The molecule has 0 aliphatic rings. The molecule has 1 N–H and O–H groups in total. The fraction of sp³-hybridized carbons (Fsp3) is 0.188. The molecule has 3 rings (SSSR count). The summed E-state index contributed by atoms with van der Waals surface area (Å²) in [5.74, 6) is 0.485. The van der Waals surface area contributed by atoms with Gasteiger partial charge in [-0.05, 0) is 42.6 Å². The maximum absolute atomic E-state index is 11.9. The summed E-state index contributed by atoms with van der Waals surface area (Å²) in [7, 11) is 0. The highest BCUT2D eigenvalue weighted by atomic mass is 32.1. The van der Waals surface area contributed by atoms with Crippen LogP contribution in [0.5, 0.6) is 5.75 Å². The molecule has 2 heterocycles. The molecule has 23 heavy (non-hydrogen) atoms. The molecular formula is C16H16N4O2S. The molecule has 6 nitrogen and oxygen atoms in total. The molecule has 2 aromatic heterocycles. The number of nitrogens with one attached hydrogen (secondary N) is 1. The molecule has 7 heteroatoms. The summed E-state index contributed by atoms with van der Waals surface area (Å²) in [4.78, 5) is 16.9. The Hall–Kier alpha value is -2.67. The van der Waals surface area contributed by atoms with Crippen molar-refractivity contribution in [1.82, 2.24) is 20.1 Å². The van der Waals surface area contributed by atoms with Gasteiger partial charge in [0.2, 0.25) is 0 Å². The van der Waals surface area contributed by atoms with Crippen molar-refractivity contribution >= 4 is 17.2 Å². The van der Waals surface area contributed by atoms with Crippen LogP contribution in [-0.2, 0) is 4.79 Å². The Kier molecular flexibility index (Phi) is 4.68. The van der Waals surface area contributed by atoms with E-state index < -0.39 is 0 Å². The van der Waals surface area contributed by atoms with Gasteiger partial charge in [-0.25, -0.2) is 9.67 Å². The number of nitrogens with zero attached hydrogens (tertiary/aromatic N) is 3. The molecule has 1 amide bonds. The predicted molar refractivity (Wildman–Crippen MR) is 87.7 cm³/mol. The van der Waals surface area contributed by atoms with Crippen molar-refractivity contribution < 1.29 is 9.53 Å². The van der Waals surface area contributed by atoms with Crippen LogP contribution in [-0.4, -0.2) is 27.3 Å². The number of hydrogen-bond donors (Lipinski definition) is 1. The number of rotatable bonds is 6. The lowest BCUT2D eigenvalue weighted by molar-refractivity contribution is -0.123. The van der Waals surface area contributed by atoms with Crippen LogP contribution in [0.25, 0.3) is 5.69 Å². The average Bonchev–Trinajstić information content (AvgIpc) is 3.26. The summed E-state index contributed by atoms with van der Waals surface area (Å²) < 4.78 is 7.16. The van der Waals surface area contributed by atoms with Crippen molar-refractivity contribution in [2.75, 3.05) is 6.61 Å². The van der Waals surface area contributed by atoms with Crippen LogP contribution in [0, 0.1) is 0 Å². The molecule has 0 aliphatic carbocycles. The number of aromatic nitrogens is 3. The van der Waals surface area contributed by atoms with Crippen LogP contribution < -0.4 is 10.1 Å². The lowest BCUT2D eigenvalue weighted by Crippen LogP contribution is -2.30. The average molecular weight is 328 g/mol. The van der Waals surface area contributed by atoms with E-state index in [1.165, 1.54) is 6.33 Å². The highest BCUT2D eigenvalue weighted by Crippen LogP contribution is 2.18. The van der Waals surface area contributed by atoms with Crippen molar-refractivity contribution in [3.8, 4) is 11.4 Å². The zero-order valence-electron chi connectivity index (χ0n) is 12.5. The molecule has 1 aromatic carbocycles. The first-order valence-electron chi connectivity index (χ1n) is 7.13. The molecule has 0 unspecified atom stereocenters. The predicted octanol–water partition coefficient (Wildman–Crippen LogP) is 2.59. The highest BCUT2D eigenvalue weighted by Gasteiger charge is 2.10. The first-order chi connectivity index (χ1) is 11.2. The maximum atomic E-state index is 11.9. The van der Waals surface area contributed by atoms with E-state index in [-0.39, 0.29) is 18.6 Å². The molecule has 0 radical (unpaired) electrons. The molecule has 0 fully saturated rings. The Morgan fingerprint density at radius 1 is 1.35 bits per heavy atom. The molecule has 0 aliphatic heterocycles. The van der Waals surface area contributed by atoms with Crippen LogP contribution in [0.4, 0.5) is 0 Å². The van der Waals surface area contributed by atoms with Gasteiger partial charge in [-0.15, -0.1) is 11.3 Å². The largest absolute Gasteiger partial charge is 0.484 e. The second-order valence-corrected chi connectivity index (χ2v) is 5.91. The molecule has 0 spiro atoms. The normalized spacial score (nSPS) is 11.9. The van der Waals surface area contributed by atoms with E-state index >= 15 is 0 Å². The third-order valence-electron chi connectivity index (χ3n) is 3.24. The van der Waals surface area contributed by atoms with Crippen LogP contribution >= 0.6 is 11.3 Å². The number of carbonyl (C=O) groups excluding carboxylic acids is 1. The van der Waals surface area contributed by atoms with Gasteiger partial charge in [0.15, 0.2) is 6.61 Å². The second-order valence-electron chi connectivity index (χ2n) is 4.93. The summed E-state index contributed by atoms with van der Waals surface area (Å²) in [6.45, 7) is 1.94. The van der Waals surface area contributed by atoms with E-state index in [4.69, 9.17) is 4.74 Å². The molecule has 118 valence electrons. The van der Waals surface area contributed by atoms with Gasteiger partial charge < -0.3 is 10.1 Å². The van der Waals surface area contributed by atoms with Gasteiger partial charge in [-0.1, -0.05) is 6.07 Å². The monoisotopic (exact) mass is 328 g/mol. The van der Waals surface area contributed by atoms with Crippen molar-refractivity contribution in [2.45, 2.75) is 13.0 Å². The van der Waals surface area contributed by atoms with Gasteiger partial charge in [0.1, 0.15) is 18.4 Å². The zero-order valence-corrected chi connectivity index (χ0v) is 13.4. The fourth-order valence-corrected chi connectivity index (χ4v) is 2.81. The standard InChI is InChI=1S/C16H16N4O2S/c1-12(15-3-2-8-23-15)19-16(21)9-22-14-6-4-13(5-7-14)20-11-17-10-18-20/h2-8,10-12H,9H2,1H3,(H,19,21)/t12-/m1/s1. The minimum absolute atomic E-state index is 0.0132. The summed E-state index contributed by atoms with van der Waals surface area (Å²) in [6.07, 6.45) is 3.10. The second kappa shape index (κ2) is 7.06. The van der Waals surface area contributed by atoms with E-state index in [2.05, 4.69) is 15.4 Å². The third-order valence-corrected chi connectivity index (χ3v) is 4.29. The van der Waals surface area contributed by atoms with Crippen molar-refractivity contribution in [3.05, 3.63) is 59.3 Å². The lowest BCUT2D eigenvalue weighted by atomic mass is 10.3. The van der Waals surface area contributed by atoms with Gasteiger partial charge in [-0.2, -0.15) is 5.10 Å². The number of benzene rings is 1. The minimum atomic E-state index is -0.147. The van der Waals surface area contributed by atoms with Gasteiger partial charge >= 0.3 is 0 Å². The van der Waals surface area contributed by atoms with Crippen LogP contribution in [0.15, 0.2) is 54.4 Å². The SMILES string of the molecule is C[C@@H](NC(=O)COc1ccc(-n2cncn2)cc1)c1cccs1. The Morgan fingerprint density at radius 2 is 2.17 bits per heavy atom. The summed E-state index contributed by atoms with van der Waals surface area (Å²) in [5, 5.41) is 8.95. The molecule has 0 saturated carbocycles. The lowest BCUT2D eigenvalue weighted by Gasteiger charge is -2.13. The van der Waals surface area contributed by atoms with E-state index in [9.17, 15) is 4.79 Å². The number of thiophene rings is 1. The van der Waals surface area contributed by atoms with Gasteiger partial charge in [0, 0.05) is 4.88 Å². The Bertz CT molecular complexity index is 739. The molecule has 0 saturated heterocycles. The van der Waals surface area contributed by atoms with Crippen LogP contribution in [0.1, 0.15) is 17.8 Å². The Morgan fingerprint density at radius 3 is 2.83 bits per heavy atom. The van der Waals surface area contributed by atoms with Crippen molar-refractivity contribution in [1.29, 1.82) is 0 Å². The number of hydrogen-bond acceptors (Lipinski definition) is 5. The first-order valence-corrected chi connectivity index (χ1v) is 8.01. The van der Waals surface area contributed by atoms with Gasteiger partial charge in [0.05, 0.1) is 11.7 Å². The topological polar surface area (TPSA) is 69.0 Å². The maximum Gasteiger partial charge on any atom is 0.258 e. The van der Waals surface area contributed by atoms with Crippen LogP contribution in [0.3, 0.4) is 0 Å². The minimum Gasteiger partial charge on any atom is -0.484 e. The van der Waals surface area contributed by atoms with Gasteiger partial charge in [0.25, 0.3) is 5.91 Å². The van der Waals surface area contributed by atoms with Gasteiger partial charge in [-0.3, -0.25) is 4.79 Å². The smallest absolute Gasteiger partial charge is 0.258 e. The van der Waals surface area contributed by atoms with Crippen molar-refractivity contribution in [3.63, 3.8) is 0 Å². The molecule has 3 aromatic rings. The van der Waals surface area contributed by atoms with E-state index in [1.54, 1.807) is 34.5 Å². The zero-order chi connectivity index (χ0) is 16.1. The quantitative estimate of drug-likeness (QED) is 0.755. The third kappa shape index (κ3) is 3.95. The summed E-state index contributed by atoms with van der Waals surface area (Å²) >= 11 is 1.62. The molecular weight excluding hydrogens is 312 g/mol. The fourth-order valence-electron chi connectivity index (χ4n) is 2.08. The summed E-state index contributed by atoms with van der Waals surface area (Å²) in [6, 6.07) is 11.3. The molecule has 1 atom stereocenters. The van der Waals surface area contributed by atoms with E-state index in [0.29, 0.717) is 5.75 Å². The van der Waals surface area contributed by atoms with E-state index in [0.717, 1.165) is 10.6 Å². The number of carbonyl (C=O) groups is 1. The Balaban J connectivity index is 1.51. The summed E-state index contributed by atoms with van der Waals surface area (Å²) in [5.41, 5.74) is 0.880. The Labute approximate surface area is 137 Å². The number of ether oxygens (including phenoxy) is 1. The number of amides is 1. The van der Waals surface area contributed by atoms with Crippen LogP contribution in [0.2, 0.25) is 0 Å². The van der Waals surface area contributed by atoms with Crippen molar-refractivity contribution in [2.24, 2.45) is 0 Å². The van der Waals surface area contributed by atoms with E-state index in [1.807, 2.05) is 36.6 Å². The molecule has 0 bridgehead atoms.